The lowest BCUT2D eigenvalue weighted by molar-refractivity contribution is -0.130. The van der Waals surface area contributed by atoms with Gasteiger partial charge in [0, 0.05) is 0 Å². The molecule has 0 aromatic rings. The summed E-state index contributed by atoms with van der Waals surface area (Å²) in [7, 11) is 0. The smallest absolute Gasteiger partial charge is 0.247 e. The highest BCUT2D eigenvalue weighted by Crippen LogP contribution is 2.27. The Kier molecular flexibility index (Phi) is 5.21. The van der Waals surface area contributed by atoms with Crippen LogP contribution in [0.15, 0.2) is 0 Å². The molecule has 2 fully saturated rings. The molecule has 106 valence electrons. The predicted octanol–water partition coefficient (Wildman–Crippen LogP) is 2.68. The van der Waals surface area contributed by atoms with E-state index in [9.17, 15) is 10.1 Å². The third-order valence-electron chi connectivity index (χ3n) is 4.30. The Morgan fingerprint density at radius 3 is 2.42 bits per heavy atom. The maximum Gasteiger partial charge on any atom is 0.247 e. The van der Waals surface area contributed by atoms with E-state index in [1.807, 2.05) is 0 Å². The molecule has 2 aliphatic carbocycles. The number of hydrogen-bond donors (Lipinski definition) is 1. The molecule has 4 heteroatoms. The van der Waals surface area contributed by atoms with Crippen LogP contribution in [-0.2, 0) is 9.53 Å². The SMILES string of the molecule is N#CC1(NC(=O)COC2CCCCC2)CCCCC1. The van der Waals surface area contributed by atoms with Gasteiger partial charge in [0.2, 0.25) is 5.91 Å². The van der Waals surface area contributed by atoms with Crippen molar-refractivity contribution in [2.24, 2.45) is 0 Å². The van der Waals surface area contributed by atoms with Crippen LogP contribution in [0.4, 0.5) is 0 Å². The van der Waals surface area contributed by atoms with Gasteiger partial charge < -0.3 is 10.1 Å². The minimum atomic E-state index is -0.634. The van der Waals surface area contributed by atoms with Gasteiger partial charge in [0.25, 0.3) is 0 Å². The first-order chi connectivity index (χ1) is 9.24. The Morgan fingerprint density at radius 1 is 1.16 bits per heavy atom. The summed E-state index contributed by atoms with van der Waals surface area (Å²) in [4.78, 5) is 11.9. The van der Waals surface area contributed by atoms with Crippen LogP contribution >= 0.6 is 0 Å². The average Bonchev–Trinajstić information content (AvgIpc) is 2.47. The van der Waals surface area contributed by atoms with Gasteiger partial charge in [0.15, 0.2) is 0 Å². The summed E-state index contributed by atoms with van der Waals surface area (Å²) in [6, 6.07) is 2.30. The Labute approximate surface area is 115 Å². The maximum absolute atomic E-state index is 11.9. The number of hydrogen-bond acceptors (Lipinski definition) is 3. The summed E-state index contributed by atoms with van der Waals surface area (Å²) >= 11 is 0. The van der Waals surface area contributed by atoms with E-state index in [0.717, 1.165) is 44.9 Å². The van der Waals surface area contributed by atoms with Crippen LogP contribution in [0.25, 0.3) is 0 Å². The van der Waals surface area contributed by atoms with Crippen molar-refractivity contribution >= 4 is 5.91 Å². The largest absolute Gasteiger partial charge is 0.368 e. The van der Waals surface area contributed by atoms with Gasteiger partial charge in [-0.2, -0.15) is 5.26 Å². The van der Waals surface area contributed by atoms with Crippen molar-refractivity contribution in [3.8, 4) is 6.07 Å². The number of rotatable bonds is 4. The molecule has 1 N–H and O–H groups in total. The molecule has 0 unspecified atom stereocenters. The summed E-state index contributed by atoms with van der Waals surface area (Å²) < 4.78 is 5.65. The fourth-order valence-corrected chi connectivity index (χ4v) is 3.15. The van der Waals surface area contributed by atoms with E-state index in [1.165, 1.54) is 19.3 Å². The number of nitrogens with one attached hydrogen (secondary N) is 1. The maximum atomic E-state index is 11.9. The van der Waals surface area contributed by atoms with Crippen LogP contribution in [0.1, 0.15) is 64.2 Å². The molecule has 0 aliphatic heterocycles. The summed E-state index contributed by atoms with van der Waals surface area (Å²) in [5.74, 6) is -0.131. The van der Waals surface area contributed by atoms with Crippen LogP contribution in [0.2, 0.25) is 0 Å². The molecule has 1 amide bonds. The first-order valence-electron chi connectivity index (χ1n) is 7.58. The summed E-state index contributed by atoms with van der Waals surface area (Å²) in [5, 5.41) is 12.2. The molecule has 2 aliphatic rings. The molecular weight excluding hydrogens is 240 g/mol. The van der Waals surface area contributed by atoms with Gasteiger partial charge in [-0.3, -0.25) is 4.79 Å². The number of amides is 1. The van der Waals surface area contributed by atoms with Gasteiger partial charge in [-0.25, -0.2) is 0 Å². The van der Waals surface area contributed by atoms with Gasteiger partial charge in [-0.15, -0.1) is 0 Å². The lowest BCUT2D eigenvalue weighted by Crippen LogP contribution is -2.50. The van der Waals surface area contributed by atoms with Gasteiger partial charge >= 0.3 is 0 Å². The van der Waals surface area contributed by atoms with Crippen molar-refractivity contribution in [1.82, 2.24) is 5.32 Å². The van der Waals surface area contributed by atoms with Crippen LogP contribution in [0.5, 0.6) is 0 Å². The normalized spacial score (nSPS) is 23.5. The number of carbonyl (C=O) groups is 1. The Morgan fingerprint density at radius 2 is 1.79 bits per heavy atom. The Balaban J connectivity index is 1.75. The van der Waals surface area contributed by atoms with E-state index in [2.05, 4.69) is 11.4 Å². The molecule has 0 spiro atoms. The van der Waals surface area contributed by atoms with Crippen molar-refractivity contribution < 1.29 is 9.53 Å². The average molecular weight is 264 g/mol. The molecule has 0 aromatic carbocycles. The van der Waals surface area contributed by atoms with E-state index in [4.69, 9.17) is 4.74 Å². The monoisotopic (exact) mass is 264 g/mol. The van der Waals surface area contributed by atoms with Crippen LogP contribution in [0, 0.1) is 11.3 Å². The topological polar surface area (TPSA) is 62.1 Å². The third-order valence-corrected chi connectivity index (χ3v) is 4.30. The molecule has 4 nitrogen and oxygen atoms in total. The minimum absolute atomic E-state index is 0.105. The van der Waals surface area contributed by atoms with Crippen LogP contribution in [-0.4, -0.2) is 24.2 Å². The molecule has 19 heavy (non-hydrogen) atoms. The molecule has 0 bridgehead atoms. The molecule has 0 radical (unpaired) electrons. The zero-order chi connectivity index (χ0) is 13.6. The molecule has 2 rings (SSSR count). The van der Waals surface area contributed by atoms with E-state index in [-0.39, 0.29) is 18.6 Å². The highest BCUT2D eigenvalue weighted by Gasteiger charge is 2.33. The van der Waals surface area contributed by atoms with Crippen LogP contribution in [0.3, 0.4) is 0 Å². The zero-order valence-corrected chi connectivity index (χ0v) is 11.6. The molecule has 2 saturated carbocycles. The second-order valence-corrected chi connectivity index (χ2v) is 5.87. The first-order valence-corrected chi connectivity index (χ1v) is 7.58. The predicted molar refractivity (Wildman–Crippen MR) is 72.4 cm³/mol. The van der Waals surface area contributed by atoms with Crippen molar-refractivity contribution in [2.45, 2.75) is 75.9 Å². The number of nitrogens with zero attached hydrogens (tertiary/aromatic N) is 1. The molecule has 0 saturated heterocycles. The van der Waals surface area contributed by atoms with Crippen molar-refractivity contribution in [1.29, 1.82) is 5.26 Å². The van der Waals surface area contributed by atoms with Gasteiger partial charge in [-0.1, -0.05) is 38.5 Å². The standard InChI is InChI=1S/C15H24N2O2/c16-12-15(9-5-2-6-10-15)17-14(18)11-19-13-7-3-1-4-8-13/h13H,1-11H2,(H,17,18). The third kappa shape index (κ3) is 4.21. The van der Waals surface area contributed by atoms with E-state index >= 15 is 0 Å². The Bertz CT molecular complexity index is 337. The lowest BCUT2D eigenvalue weighted by Gasteiger charge is -2.31. The fraction of sp³-hybridized carbons (Fsp3) is 0.867. The summed E-state index contributed by atoms with van der Waals surface area (Å²) in [6.45, 7) is 0.105. The second-order valence-electron chi connectivity index (χ2n) is 5.87. The van der Waals surface area contributed by atoms with Crippen LogP contribution < -0.4 is 5.32 Å². The molecule has 0 heterocycles. The van der Waals surface area contributed by atoms with Gasteiger partial charge in [0.05, 0.1) is 12.2 Å². The minimum Gasteiger partial charge on any atom is -0.368 e. The summed E-state index contributed by atoms with van der Waals surface area (Å²) in [5.41, 5.74) is -0.634. The lowest BCUT2D eigenvalue weighted by atomic mass is 9.83. The summed E-state index contributed by atoms with van der Waals surface area (Å²) in [6.07, 6.45) is 10.8. The van der Waals surface area contributed by atoms with Crippen molar-refractivity contribution in [2.75, 3.05) is 6.61 Å². The van der Waals surface area contributed by atoms with E-state index < -0.39 is 5.54 Å². The molecule has 0 atom stereocenters. The van der Waals surface area contributed by atoms with Crippen molar-refractivity contribution in [3.05, 3.63) is 0 Å². The molecular formula is C15H24N2O2. The highest BCUT2D eigenvalue weighted by atomic mass is 16.5. The second kappa shape index (κ2) is 6.91. The quantitative estimate of drug-likeness (QED) is 0.849. The highest BCUT2D eigenvalue weighted by molar-refractivity contribution is 5.78. The Hall–Kier alpha value is -1.08. The fourth-order valence-electron chi connectivity index (χ4n) is 3.15. The van der Waals surface area contributed by atoms with E-state index in [1.54, 1.807) is 0 Å². The van der Waals surface area contributed by atoms with Crippen molar-refractivity contribution in [3.63, 3.8) is 0 Å². The number of nitriles is 1. The van der Waals surface area contributed by atoms with Gasteiger partial charge in [-0.05, 0) is 25.7 Å². The zero-order valence-electron chi connectivity index (χ0n) is 11.6. The number of carbonyl (C=O) groups excluding carboxylic acids is 1. The van der Waals surface area contributed by atoms with Gasteiger partial charge in [0.1, 0.15) is 12.1 Å². The molecule has 0 aromatic heterocycles. The first kappa shape index (κ1) is 14.3. The van der Waals surface area contributed by atoms with E-state index in [0.29, 0.717) is 0 Å². The number of ether oxygens (including phenoxy) is 1.